The van der Waals surface area contributed by atoms with Gasteiger partial charge in [-0.3, -0.25) is 4.79 Å². The molecular formula is C26H31BrN8O2. The Hall–Kier alpha value is -3.31. The number of benzene rings is 1. The van der Waals surface area contributed by atoms with Crippen molar-refractivity contribution in [3.05, 3.63) is 47.0 Å². The molecule has 1 aliphatic carbocycles. The average molecular weight is 567 g/mol. The second-order valence-corrected chi connectivity index (χ2v) is 10.8. The Labute approximate surface area is 224 Å². The summed E-state index contributed by atoms with van der Waals surface area (Å²) in [5, 5.41) is 11.8. The number of hydrogen-bond donors (Lipinski definition) is 2. The molecule has 4 aromatic rings. The molecule has 0 spiro atoms. The number of halogens is 1. The number of nitrogens with zero attached hydrogens (tertiary/aromatic N) is 6. The summed E-state index contributed by atoms with van der Waals surface area (Å²) in [6, 6.07) is 6.25. The molecule has 1 aliphatic rings. The third kappa shape index (κ3) is 5.10. The summed E-state index contributed by atoms with van der Waals surface area (Å²) in [6.07, 6.45) is 8.28. The zero-order valence-corrected chi connectivity index (χ0v) is 23.0. The number of oxazole rings is 1. The van der Waals surface area contributed by atoms with Gasteiger partial charge in [-0.25, -0.2) is 14.6 Å². The molecule has 2 N–H and O–H groups in total. The molecule has 0 aliphatic heterocycles. The molecule has 0 saturated heterocycles. The van der Waals surface area contributed by atoms with Crippen molar-refractivity contribution in [1.82, 2.24) is 34.9 Å². The number of amides is 1. The van der Waals surface area contributed by atoms with Gasteiger partial charge in [0.1, 0.15) is 10.9 Å². The summed E-state index contributed by atoms with van der Waals surface area (Å²) in [6.45, 7) is 2.90. The molecule has 1 aromatic carbocycles. The van der Waals surface area contributed by atoms with E-state index in [2.05, 4.69) is 61.6 Å². The topological polar surface area (TPSA) is 114 Å². The number of likely N-dealkylation sites (N-methyl/N-ethyl adjacent to an activating group) is 1. The summed E-state index contributed by atoms with van der Waals surface area (Å²) in [7, 11) is 5.80. The predicted molar refractivity (Wildman–Crippen MR) is 146 cm³/mol. The van der Waals surface area contributed by atoms with Gasteiger partial charge in [0, 0.05) is 36.8 Å². The van der Waals surface area contributed by atoms with Gasteiger partial charge in [-0.1, -0.05) is 6.92 Å². The monoisotopic (exact) mass is 566 g/mol. The molecule has 3 heterocycles. The van der Waals surface area contributed by atoms with Crippen molar-refractivity contribution >= 4 is 38.8 Å². The van der Waals surface area contributed by atoms with Gasteiger partial charge in [0.05, 0.1) is 17.3 Å². The van der Waals surface area contributed by atoms with E-state index in [0.717, 1.165) is 54.4 Å². The second-order valence-electron chi connectivity index (χ2n) is 10.1. The molecule has 2 atom stereocenters. The van der Waals surface area contributed by atoms with Crippen molar-refractivity contribution in [2.24, 2.45) is 5.41 Å². The van der Waals surface area contributed by atoms with E-state index in [1.807, 2.05) is 23.7 Å². The van der Waals surface area contributed by atoms with Crippen LogP contribution in [0.2, 0.25) is 0 Å². The van der Waals surface area contributed by atoms with Gasteiger partial charge in [0.15, 0.2) is 5.65 Å². The first-order valence-corrected chi connectivity index (χ1v) is 13.1. The lowest BCUT2D eigenvalue weighted by atomic mass is 9.87. The van der Waals surface area contributed by atoms with Gasteiger partial charge in [0.2, 0.25) is 17.7 Å². The maximum atomic E-state index is 12.3. The number of fused-ring (bicyclic) bond motifs is 1. The van der Waals surface area contributed by atoms with Crippen molar-refractivity contribution in [3.8, 4) is 17.1 Å². The molecule has 0 radical (unpaired) electrons. The summed E-state index contributed by atoms with van der Waals surface area (Å²) < 4.78 is 8.10. The number of hydrogen-bond acceptors (Lipinski definition) is 8. The molecule has 1 fully saturated rings. The van der Waals surface area contributed by atoms with Crippen LogP contribution in [0, 0.1) is 5.41 Å². The minimum absolute atomic E-state index is 0.0773. The van der Waals surface area contributed by atoms with Gasteiger partial charge < -0.3 is 20.0 Å². The first-order valence-electron chi connectivity index (χ1n) is 12.4. The van der Waals surface area contributed by atoms with Crippen LogP contribution in [-0.4, -0.2) is 69.3 Å². The SMILES string of the molecule is CNC(=O)[C@]1(C)CC[C@@H](Nc2ncc3c(Br)nn(-c4ccc(-c5ncco5)c(CCN(C)C)c4)c3n2)C1. The highest BCUT2D eigenvalue weighted by Crippen LogP contribution is 2.39. The Morgan fingerprint density at radius 3 is 2.89 bits per heavy atom. The molecule has 0 bridgehead atoms. The van der Waals surface area contributed by atoms with Crippen molar-refractivity contribution in [1.29, 1.82) is 0 Å². The maximum absolute atomic E-state index is 12.3. The van der Waals surface area contributed by atoms with Crippen molar-refractivity contribution in [2.75, 3.05) is 33.0 Å². The summed E-state index contributed by atoms with van der Waals surface area (Å²) >= 11 is 3.57. The predicted octanol–water partition coefficient (Wildman–Crippen LogP) is 4.05. The Morgan fingerprint density at radius 1 is 1.32 bits per heavy atom. The highest BCUT2D eigenvalue weighted by Gasteiger charge is 2.41. The van der Waals surface area contributed by atoms with Crippen molar-refractivity contribution in [3.63, 3.8) is 0 Å². The minimum Gasteiger partial charge on any atom is -0.445 e. The molecule has 1 amide bonds. The van der Waals surface area contributed by atoms with Crippen LogP contribution in [0.25, 0.3) is 28.2 Å². The summed E-state index contributed by atoms with van der Waals surface area (Å²) in [5.41, 5.74) is 3.27. The van der Waals surface area contributed by atoms with Crippen molar-refractivity contribution < 1.29 is 9.21 Å². The smallest absolute Gasteiger partial charge is 0.226 e. The lowest BCUT2D eigenvalue weighted by Crippen LogP contribution is -2.35. The standard InChI is InChI=1S/C26H31BrN8O2/c1-26(24(36)28-2)9-7-17(14-26)31-25-30-15-20-21(27)33-35(22(20)32-25)18-5-6-19(23-29-10-12-37-23)16(13-18)8-11-34(3)4/h5-6,10,12-13,15,17H,7-9,11,14H2,1-4H3,(H,28,36)(H,30,31,32)/t17-,26-/m1/s1. The highest BCUT2D eigenvalue weighted by molar-refractivity contribution is 9.10. The van der Waals surface area contributed by atoms with Gasteiger partial charge >= 0.3 is 0 Å². The van der Waals surface area contributed by atoms with E-state index in [4.69, 9.17) is 14.5 Å². The van der Waals surface area contributed by atoms with E-state index in [1.54, 1.807) is 25.7 Å². The first kappa shape index (κ1) is 25.3. The number of aromatic nitrogens is 5. The Morgan fingerprint density at radius 2 is 2.16 bits per heavy atom. The van der Waals surface area contributed by atoms with Gasteiger partial charge in [0.25, 0.3) is 0 Å². The first-order chi connectivity index (χ1) is 17.8. The highest BCUT2D eigenvalue weighted by atomic mass is 79.9. The quantitative estimate of drug-likeness (QED) is 0.328. The Kier molecular flexibility index (Phi) is 7.00. The number of anilines is 1. The van der Waals surface area contributed by atoms with Crippen LogP contribution in [0.5, 0.6) is 0 Å². The lowest BCUT2D eigenvalue weighted by Gasteiger charge is -2.22. The van der Waals surface area contributed by atoms with E-state index in [-0.39, 0.29) is 17.4 Å². The van der Waals surface area contributed by atoms with E-state index < -0.39 is 0 Å². The summed E-state index contributed by atoms with van der Waals surface area (Å²) in [4.78, 5) is 28.2. The molecule has 5 rings (SSSR count). The van der Waals surface area contributed by atoms with E-state index in [0.29, 0.717) is 22.1 Å². The largest absolute Gasteiger partial charge is 0.445 e. The zero-order valence-electron chi connectivity index (χ0n) is 21.5. The van der Waals surface area contributed by atoms with Crippen LogP contribution in [0.3, 0.4) is 0 Å². The van der Waals surface area contributed by atoms with Gasteiger partial charge in [-0.2, -0.15) is 10.1 Å². The average Bonchev–Trinajstić information content (AvgIpc) is 3.62. The fourth-order valence-corrected chi connectivity index (χ4v) is 5.44. The number of carbonyl (C=O) groups is 1. The van der Waals surface area contributed by atoms with Crippen molar-refractivity contribution in [2.45, 2.75) is 38.6 Å². The molecule has 11 heteroatoms. The summed E-state index contributed by atoms with van der Waals surface area (Å²) in [5.74, 6) is 1.20. The fraction of sp³-hybridized carbons (Fsp3) is 0.423. The van der Waals surface area contributed by atoms with Gasteiger partial charge in [-0.15, -0.1) is 0 Å². The Balaban J connectivity index is 1.47. The van der Waals surface area contributed by atoms with Crippen LogP contribution in [0.4, 0.5) is 5.95 Å². The van der Waals surface area contributed by atoms with Gasteiger partial charge in [-0.05, 0) is 79.5 Å². The molecule has 194 valence electrons. The normalized spacial score (nSPS) is 19.6. The molecule has 10 nitrogen and oxygen atoms in total. The maximum Gasteiger partial charge on any atom is 0.226 e. The van der Waals surface area contributed by atoms with Crippen LogP contribution in [0.1, 0.15) is 31.7 Å². The minimum atomic E-state index is -0.380. The van der Waals surface area contributed by atoms with Crippen LogP contribution >= 0.6 is 15.9 Å². The molecule has 37 heavy (non-hydrogen) atoms. The lowest BCUT2D eigenvalue weighted by molar-refractivity contribution is -0.129. The third-order valence-electron chi connectivity index (χ3n) is 7.05. The van der Waals surface area contributed by atoms with Crippen LogP contribution in [0.15, 0.2) is 45.9 Å². The fourth-order valence-electron chi connectivity index (χ4n) is 5.00. The van der Waals surface area contributed by atoms with Crippen LogP contribution in [-0.2, 0) is 11.2 Å². The number of carbonyl (C=O) groups excluding carboxylic acids is 1. The molecule has 0 unspecified atom stereocenters. The van der Waals surface area contributed by atoms with E-state index in [1.165, 1.54) is 0 Å². The van der Waals surface area contributed by atoms with Crippen LogP contribution < -0.4 is 10.6 Å². The molecule has 3 aromatic heterocycles. The number of rotatable bonds is 8. The third-order valence-corrected chi connectivity index (χ3v) is 7.64. The molecule has 1 saturated carbocycles. The Bertz CT molecular complexity index is 1420. The zero-order chi connectivity index (χ0) is 26.2. The van der Waals surface area contributed by atoms with E-state index in [9.17, 15) is 4.79 Å². The second kappa shape index (κ2) is 10.2. The molecular weight excluding hydrogens is 536 g/mol. The number of nitrogens with one attached hydrogen (secondary N) is 2. The van der Waals surface area contributed by atoms with E-state index >= 15 is 0 Å².